The number of hydrogen-bond acceptors (Lipinski definition) is 7. The van der Waals surface area contributed by atoms with Gasteiger partial charge in [0.25, 0.3) is 7.82 Å². The predicted molar refractivity (Wildman–Crippen MR) is 349 cm³/mol. The Balaban J connectivity index is 4.96. The molecule has 9 nitrogen and oxygen atoms in total. The highest BCUT2D eigenvalue weighted by Crippen LogP contribution is 2.38. The number of allylic oxidation sites excluding steroid dienone is 3. The molecular formula is C71H139N2O7P. The molecule has 0 aliphatic carbocycles. The molecule has 1 N–H and O–H groups in total. The van der Waals surface area contributed by atoms with Crippen molar-refractivity contribution < 1.29 is 37.3 Å². The zero-order chi connectivity index (χ0) is 59.3. The first-order valence-corrected chi connectivity index (χ1v) is 37.1. The van der Waals surface area contributed by atoms with E-state index < -0.39 is 20.0 Å². The summed E-state index contributed by atoms with van der Waals surface area (Å²) in [6, 6.07) is -0.882. The van der Waals surface area contributed by atoms with E-state index in [0.717, 1.165) is 57.8 Å². The second kappa shape index (κ2) is 61.6. The van der Waals surface area contributed by atoms with E-state index in [4.69, 9.17) is 13.8 Å². The number of phosphoric acid groups is 1. The molecule has 0 radical (unpaired) electrons. The SMILES string of the molecule is CCCCCCCC/C=C/CCCCCCCCCCCCCCCCCCCC(=O)OC(/C=C\CCCCCCCCCCCC)C(COP(=O)([O-])OCC[N+](C)(C)C)NC(=O)CCCCCCCCCCCCCCCCCC. The van der Waals surface area contributed by atoms with Crippen LogP contribution in [0.15, 0.2) is 24.3 Å². The summed E-state index contributed by atoms with van der Waals surface area (Å²) in [7, 11) is 1.21. The van der Waals surface area contributed by atoms with Gasteiger partial charge < -0.3 is 28.5 Å². The third kappa shape index (κ3) is 62.8. The van der Waals surface area contributed by atoms with Gasteiger partial charge in [-0.25, -0.2) is 0 Å². The number of hydrogen-bond donors (Lipinski definition) is 1. The van der Waals surface area contributed by atoms with E-state index in [-0.39, 0.29) is 31.5 Å². The van der Waals surface area contributed by atoms with Gasteiger partial charge in [0.2, 0.25) is 5.91 Å². The highest BCUT2D eigenvalue weighted by molar-refractivity contribution is 7.45. The number of rotatable bonds is 66. The molecule has 3 atom stereocenters. The Hall–Kier alpha value is -1.51. The van der Waals surface area contributed by atoms with Crippen LogP contribution in [0.5, 0.6) is 0 Å². The second-order valence-electron chi connectivity index (χ2n) is 25.7. The number of carbonyl (C=O) groups excluding carboxylic acids is 2. The van der Waals surface area contributed by atoms with Crippen molar-refractivity contribution in [2.24, 2.45) is 0 Å². The lowest BCUT2D eigenvalue weighted by molar-refractivity contribution is -0.870. The molecule has 0 fully saturated rings. The molecule has 0 rings (SSSR count). The molecule has 0 aliphatic rings. The van der Waals surface area contributed by atoms with Crippen LogP contribution in [0, 0.1) is 0 Å². The third-order valence-electron chi connectivity index (χ3n) is 16.4. The largest absolute Gasteiger partial charge is 0.756 e. The molecule has 0 aliphatic heterocycles. The Morgan fingerprint density at radius 1 is 0.420 bits per heavy atom. The first-order valence-electron chi connectivity index (χ1n) is 35.6. The maximum atomic E-state index is 13.6. The number of nitrogens with zero attached hydrogens (tertiary/aromatic N) is 1. The maximum absolute atomic E-state index is 13.6. The molecule has 3 unspecified atom stereocenters. The van der Waals surface area contributed by atoms with Crippen molar-refractivity contribution >= 4 is 19.7 Å². The van der Waals surface area contributed by atoms with Gasteiger partial charge in [-0.3, -0.25) is 14.2 Å². The molecule has 0 spiro atoms. The van der Waals surface area contributed by atoms with E-state index in [0.29, 0.717) is 17.4 Å². The molecule has 0 aromatic rings. The van der Waals surface area contributed by atoms with Crippen LogP contribution < -0.4 is 10.2 Å². The number of carbonyl (C=O) groups is 2. The van der Waals surface area contributed by atoms with Crippen molar-refractivity contribution in [3.63, 3.8) is 0 Å². The lowest BCUT2D eigenvalue weighted by Crippen LogP contribution is -2.47. The van der Waals surface area contributed by atoms with Gasteiger partial charge in [-0.05, 0) is 57.4 Å². The van der Waals surface area contributed by atoms with Crippen molar-refractivity contribution in [1.29, 1.82) is 0 Å². The van der Waals surface area contributed by atoms with Crippen LogP contribution in [-0.4, -0.2) is 69.4 Å². The quantitative estimate of drug-likeness (QED) is 0.0212. The van der Waals surface area contributed by atoms with Crippen LogP contribution >= 0.6 is 7.82 Å². The number of nitrogens with one attached hydrogen (secondary N) is 1. The molecule has 10 heteroatoms. The summed E-state index contributed by atoms with van der Waals surface area (Å²) in [6.07, 6.45) is 74.5. The summed E-state index contributed by atoms with van der Waals surface area (Å²) < 4.78 is 30.4. The molecule has 480 valence electrons. The Labute approximate surface area is 504 Å². The number of esters is 1. The number of likely N-dealkylation sites (N-methyl/N-ethyl adjacent to an activating group) is 1. The van der Waals surface area contributed by atoms with Gasteiger partial charge >= 0.3 is 5.97 Å². The van der Waals surface area contributed by atoms with Crippen LogP contribution in [0.3, 0.4) is 0 Å². The molecule has 81 heavy (non-hydrogen) atoms. The van der Waals surface area contributed by atoms with Crippen LogP contribution in [0.4, 0.5) is 0 Å². The topological polar surface area (TPSA) is 114 Å². The molecule has 1 amide bonds. The summed E-state index contributed by atoms with van der Waals surface area (Å²) in [5.74, 6) is -0.517. The van der Waals surface area contributed by atoms with Gasteiger partial charge in [0.1, 0.15) is 19.3 Å². The number of quaternary nitrogens is 1. The first-order chi connectivity index (χ1) is 39.4. The summed E-state index contributed by atoms with van der Waals surface area (Å²) >= 11 is 0. The monoisotopic (exact) mass is 1160 g/mol. The van der Waals surface area contributed by atoms with Crippen molar-refractivity contribution in [1.82, 2.24) is 5.32 Å². The molecule has 0 bridgehead atoms. The Morgan fingerprint density at radius 2 is 0.716 bits per heavy atom. The average molecular weight is 1160 g/mol. The molecule has 0 saturated carbocycles. The minimum absolute atomic E-state index is 0.0176. The average Bonchev–Trinajstić information content (AvgIpc) is 3.44. The van der Waals surface area contributed by atoms with E-state index in [1.807, 2.05) is 33.3 Å². The van der Waals surface area contributed by atoms with Gasteiger partial charge in [-0.15, -0.1) is 0 Å². The van der Waals surface area contributed by atoms with Crippen LogP contribution in [0.25, 0.3) is 0 Å². The minimum atomic E-state index is -4.70. The fraction of sp³-hybridized carbons (Fsp3) is 0.915. The zero-order valence-corrected chi connectivity index (χ0v) is 55.9. The molecule has 0 heterocycles. The van der Waals surface area contributed by atoms with Gasteiger partial charge in [0.05, 0.1) is 33.8 Å². The van der Waals surface area contributed by atoms with E-state index in [9.17, 15) is 19.0 Å². The lowest BCUT2D eigenvalue weighted by Gasteiger charge is -2.30. The highest BCUT2D eigenvalue weighted by atomic mass is 31.2. The van der Waals surface area contributed by atoms with Crippen LogP contribution in [-0.2, 0) is 27.9 Å². The fourth-order valence-corrected chi connectivity index (χ4v) is 11.6. The first kappa shape index (κ1) is 79.5. The zero-order valence-electron chi connectivity index (χ0n) is 55.0. The van der Waals surface area contributed by atoms with Crippen molar-refractivity contribution in [2.75, 3.05) is 40.9 Å². The smallest absolute Gasteiger partial charge is 0.306 e. The van der Waals surface area contributed by atoms with Gasteiger partial charge in [0, 0.05) is 12.8 Å². The van der Waals surface area contributed by atoms with Crippen LogP contribution in [0.2, 0.25) is 0 Å². The number of phosphoric ester groups is 1. The molecule has 0 aromatic heterocycles. The van der Waals surface area contributed by atoms with E-state index in [1.54, 1.807) is 0 Å². The third-order valence-corrected chi connectivity index (χ3v) is 17.3. The maximum Gasteiger partial charge on any atom is 0.306 e. The standard InChI is InChI=1S/C71H139N2O7P/c1-7-10-13-16-19-22-25-28-30-32-33-34-35-36-37-38-39-40-41-42-44-46-49-52-55-58-61-64-71(75)80-69(62-59-56-53-50-47-27-24-21-18-15-12-9-3)68(67-79-81(76,77)78-66-65-73(4,5)6)72-70(74)63-60-57-54-51-48-45-43-31-29-26-23-20-17-14-11-8-2/h28,30,59,62,68-69H,7-27,29,31-58,60-61,63-67H2,1-6H3,(H-,72,74,76,77)/b30-28+,62-59-. The summed E-state index contributed by atoms with van der Waals surface area (Å²) in [5, 5.41) is 3.05. The molecule has 0 aromatic carbocycles. The van der Waals surface area contributed by atoms with Gasteiger partial charge in [-0.2, -0.15) is 0 Å². The second-order valence-corrected chi connectivity index (χ2v) is 27.2. The fourth-order valence-electron chi connectivity index (χ4n) is 10.9. The van der Waals surface area contributed by atoms with Gasteiger partial charge in [-0.1, -0.05) is 322 Å². The van der Waals surface area contributed by atoms with Crippen molar-refractivity contribution in [3.8, 4) is 0 Å². The Kier molecular flexibility index (Phi) is 60.4. The number of ether oxygens (including phenoxy) is 1. The lowest BCUT2D eigenvalue weighted by atomic mass is 10.0. The van der Waals surface area contributed by atoms with Crippen LogP contribution in [0.1, 0.15) is 367 Å². The normalized spacial score (nSPS) is 13.6. The van der Waals surface area contributed by atoms with E-state index >= 15 is 0 Å². The van der Waals surface area contributed by atoms with Gasteiger partial charge in [0.15, 0.2) is 0 Å². The Morgan fingerprint density at radius 3 is 1.05 bits per heavy atom. The Bertz CT molecular complexity index is 1430. The summed E-state index contributed by atoms with van der Waals surface area (Å²) in [5.41, 5.74) is 0. The van der Waals surface area contributed by atoms with Crippen molar-refractivity contribution in [3.05, 3.63) is 24.3 Å². The van der Waals surface area contributed by atoms with Crippen molar-refractivity contribution in [2.45, 2.75) is 380 Å². The highest BCUT2D eigenvalue weighted by Gasteiger charge is 2.27. The summed E-state index contributed by atoms with van der Waals surface area (Å²) in [4.78, 5) is 40.1. The number of amides is 1. The van der Waals surface area contributed by atoms with E-state index in [1.165, 1.54) is 276 Å². The summed E-state index contributed by atoms with van der Waals surface area (Å²) in [6.45, 7) is 6.90. The molecule has 0 saturated heterocycles. The molecular weight excluding hydrogens is 1020 g/mol. The number of unbranched alkanes of at least 4 members (excludes halogenated alkanes) is 48. The predicted octanol–water partition coefficient (Wildman–Crippen LogP) is 21.8. The van der Waals surface area contributed by atoms with E-state index in [2.05, 4.69) is 38.2 Å². The minimum Gasteiger partial charge on any atom is -0.756 e.